The van der Waals surface area contributed by atoms with Crippen LogP contribution in [0.4, 0.5) is 0 Å². The van der Waals surface area contributed by atoms with Gasteiger partial charge in [0.15, 0.2) is 18.9 Å². The molecule has 3 fully saturated rings. The molecule has 3 aliphatic rings. The van der Waals surface area contributed by atoms with E-state index < -0.39 is 124 Å². The summed E-state index contributed by atoms with van der Waals surface area (Å²) in [6.07, 6.45) is 42.8. The highest BCUT2D eigenvalue weighted by molar-refractivity contribution is 5.76. The van der Waals surface area contributed by atoms with Crippen LogP contribution >= 0.6 is 0 Å². The lowest BCUT2D eigenvalue weighted by Crippen LogP contribution is -2.66. The third-order valence-electron chi connectivity index (χ3n) is 19.4. The molecule has 19 nitrogen and oxygen atoms in total. The third-order valence-corrected chi connectivity index (χ3v) is 19.4. The van der Waals surface area contributed by atoms with Gasteiger partial charge in [0.2, 0.25) is 5.91 Å². The van der Waals surface area contributed by atoms with Crippen LogP contribution in [0, 0.1) is 0 Å². The minimum Gasteiger partial charge on any atom is -0.394 e. The quantitative estimate of drug-likeness (QED) is 0.0199. The molecule has 3 saturated heterocycles. The number of aliphatic hydroxyl groups excluding tert-OH is 11. The summed E-state index contributed by atoms with van der Waals surface area (Å²) < 4.78 is 34.4. The van der Waals surface area contributed by atoms with Crippen LogP contribution in [-0.2, 0) is 33.2 Å². The summed E-state index contributed by atoms with van der Waals surface area (Å²) in [7, 11) is 0. The third kappa shape index (κ3) is 38.6. The number of amides is 1. The van der Waals surface area contributed by atoms with Crippen LogP contribution in [0.1, 0.15) is 309 Å². The topological polar surface area (TPSA) is 307 Å². The Morgan fingerprint density at radius 1 is 0.368 bits per heavy atom. The Bertz CT molecular complexity index is 1860. The Labute approximate surface area is 574 Å². The summed E-state index contributed by atoms with van der Waals surface area (Å²) in [4.78, 5) is 13.4. The molecule has 3 aliphatic heterocycles. The van der Waals surface area contributed by atoms with Gasteiger partial charge in [-0.3, -0.25) is 4.79 Å². The van der Waals surface area contributed by atoms with Gasteiger partial charge >= 0.3 is 0 Å². The predicted molar refractivity (Wildman–Crippen MR) is 374 cm³/mol. The van der Waals surface area contributed by atoms with Crippen molar-refractivity contribution in [1.29, 1.82) is 0 Å². The lowest BCUT2D eigenvalue weighted by molar-refractivity contribution is -0.379. The molecule has 0 bridgehead atoms. The molecular formula is C76H141NO18. The molecule has 0 spiro atoms. The second kappa shape index (κ2) is 57.6. The van der Waals surface area contributed by atoms with Crippen LogP contribution < -0.4 is 5.32 Å². The fourth-order valence-electron chi connectivity index (χ4n) is 13.2. The van der Waals surface area contributed by atoms with Gasteiger partial charge in [0.1, 0.15) is 73.2 Å². The number of nitrogens with one attached hydrogen (secondary N) is 1. The number of hydrogen-bond acceptors (Lipinski definition) is 18. The van der Waals surface area contributed by atoms with Crippen molar-refractivity contribution in [1.82, 2.24) is 5.32 Å². The van der Waals surface area contributed by atoms with Crippen LogP contribution in [0.25, 0.3) is 0 Å². The summed E-state index contributed by atoms with van der Waals surface area (Å²) in [6, 6.07) is -0.995. The lowest BCUT2D eigenvalue weighted by Gasteiger charge is -2.48. The number of carbonyl (C=O) groups excluding carboxylic acids is 1. The normalized spacial score (nSPS) is 27.4. The lowest BCUT2D eigenvalue weighted by atomic mass is 9.96. The molecule has 3 rings (SSSR count). The fraction of sp³-hybridized carbons (Fsp3) is 0.908. The van der Waals surface area contributed by atoms with E-state index in [1.54, 1.807) is 6.08 Å². The minimum atomic E-state index is -1.98. The summed E-state index contributed by atoms with van der Waals surface area (Å²) in [5, 5.41) is 121. The zero-order valence-electron chi connectivity index (χ0n) is 59.4. The number of allylic oxidation sites excluding steroid dienone is 5. The molecule has 19 heteroatoms. The van der Waals surface area contributed by atoms with E-state index in [1.165, 1.54) is 231 Å². The predicted octanol–water partition coefficient (Wildman–Crippen LogP) is 11.9. The molecule has 0 aromatic carbocycles. The molecule has 3 heterocycles. The van der Waals surface area contributed by atoms with E-state index in [-0.39, 0.29) is 18.9 Å². The van der Waals surface area contributed by atoms with E-state index >= 15 is 0 Å². The number of hydrogen-bond donors (Lipinski definition) is 12. The van der Waals surface area contributed by atoms with Crippen molar-refractivity contribution >= 4 is 5.91 Å². The van der Waals surface area contributed by atoms with Crippen molar-refractivity contribution in [3.05, 3.63) is 36.5 Å². The van der Waals surface area contributed by atoms with Gasteiger partial charge in [0, 0.05) is 6.42 Å². The first-order valence-electron chi connectivity index (χ1n) is 38.7. The van der Waals surface area contributed by atoms with Crippen molar-refractivity contribution in [3.8, 4) is 0 Å². The molecule has 17 atom stereocenters. The molecule has 0 aromatic heterocycles. The number of carbonyl (C=O) groups is 1. The fourth-order valence-corrected chi connectivity index (χ4v) is 13.2. The van der Waals surface area contributed by atoms with E-state index in [4.69, 9.17) is 28.4 Å². The highest BCUT2D eigenvalue weighted by Gasteiger charge is 2.53. The van der Waals surface area contributed by atoms with Crippen LogP contribution in [0.3, 0.4) is 0 Å². The summed E-state index contributed by atoms with van der Waals surface area (Å²) in [5.41, 5.74) is 0. The van der Waals surface area contributed by atoms with Crippen molar-refractivity contribution in [2.24, 2.45) is 0 Å². The zero-order valence-corrected chi connectivity index (χ0v) is 59.4. The maximum absolute atomic E-state index is 13.4. The van der Waals surface area contributed by atoms with Gasteiger partial charge < -0.3 is 89.9 Å². The van der Waals surface area contributed by atoms with Crippen LogP contribution in [0.15, 0.2) is 36.5 Å². The van der Waals surface area contributed by atoms with E-state index in [2.05, 4.69) is 43.5 Å². The average Bonchev–Trinajstić information content (AvgIpc) is 0.787. The molecule has 1 amide bonds. The van der Waals surface area contributed by atoms with Crippen molar-refractivity contribution in [2.75, 3.05) is 26.4 Å². The van der Waals surface area contributed by atoms with E-state index in [0.717, 1.165) is 44.9 Å². The first-order chi connectivity index (χ1) is 46.3. The Morgan fingerprint density at radius 3 is 1.05 bits per heavy atom. The smallest absolute Gasteiger partial charge is 0.220 e. The first-order valence-corrected chi connectivity index (χ1v) is 38.7. The molecule has 17 unspecified atom stereocenters. The van der Waals surface area contributed by atoms with Gasteiger partial charge in [-0.2, -0.15) is 0 Å². The molecule has 0 radical (unpaired) electrons. The minimum absolute atomic E-state index is 0.236. The van der Waals surface area contributed by atoms with Crippen molar-refractivity contribution < 1.29 is 89.4 Å². The summed E-state index contributed by atoms with van der Waals surface area (Å²) >= 11 is 0. The average molecular weight is 1360 g/mol. The van der Waals surface area contributed by atoms with Crippen LogP contribution in [0.5, 0.6) is 0 Å². The van der Waals surface area contributed by atoms with E-state index in [0.29, 0.717) is 12.8 Å². The second-order valence-corrected chi connectivity index (χ2v) is 27.8. The second-order valence-electron chi connectivity index (χ2n) is 27.8. The molecule has 12 N–H and O–H groups in total. The maximum Gasteiger partial charge on any atom is 0.220 e. The van der Waals surface area contributed by atoms with Crippen LogP contribution in [0.2, 0.25) is 0 Å². The van der Waals surface area contributed by atoms with Crippen molar-refractivity contribution in [3.63, 3.8) is 0 Å². The molecule has 558 valence electrons. The molecule has 0 saturated carbocycles. The van der Waals surface area contributed by atoms with Gasteiger partial charge in [-0.1, -0.05) is 294 Å². The number of aliphatic hydroxyl groups is 11. The van der Waals surface area contributed by atoms with E-state index in [1.807, 2.05) is 6.08 Å². The first kappa shape index (κ1) is 87.2. The van der Waals surface area contributed by atoms with Gasteiger partial charge in [0.05, 0.1) is 38.6 Å². The maximum atomic E-state index is 13.4. The van der Waals surface area contributed by atoms with Gasteiger partial charge in [-0.25, -0.2) is 0 Å². The highest BCUT2D eigenvalue weighted by atomic mass is 16.8. The number of unbranched alkanes of at least 4 members (excludes halogenated alkanes) is 41. The number of rotatable bonds is 61. The Kier molecular flexibility index (Phi) is 52.9. The molecule has 0 aliphatic carbocycles. The SMILES string of the molecule is CCCCCCCCCCCCCCCCCCCCC/C=C/CC/C=C/CC/C=C/C(O)C(COC1OC(CO)C(OC2OC(CO)C(OC3OC(CO)C(O)C(O)C3O)C(O)C2O)C(O)C1O)NC(=O)CCCCCCCCCCCCCCCCCCCCCCC. The van der Waals surface area contributed by atoms with Gasteiger partial charge in [-0.15, -0.1) is 0 Å². The Morgan fingerprint density at radius 2 is 0.674 bits per heavy atom. The van der Waals surface area contributed by atoms with Crippen molar-refractivity contribution in [2.45, 2.75) is 413 Å². The molecular weight excluding hydrogens is 1210 g/mol. The largest absolute Gasteiger partial charge is 0.394 e. The monoisotopic (exact) mass is 1360 g/mol. The summed E-state index contributed by atoms with van der Waals surface area (Å²) in [5.74, 6) is -0.284. The standard InChI is InChI=1S/C76H141NO18/c1-3-5-7-9-11-13-15-17-19-21-23-25-26-27-28-29-30-31-32-34-35-37-39-41-43-45-47-49-51-53-60(81)59(77-64(82)54-52-50-48-46-44-42-40-38-36-33-24-22-20-18-16-14-12-10-8-6-4-2)58-90-74-70(88)67(85)72(62(56-79)92-74)95-76-71(89)68(86)73(63(57-80)93-76)94-75-69(87)66(84)65(83)61(55-78)91-75/h35,37,43,45,51,53,59-63,65-76,78-81,83-89H,3-34,36,38-42,44,46-50,52,54-58H2,1-2H3,(H,77,82)/b37-35+,45-43+,53-51+. The summed E-state index contributed by atoms with van der Waals surface area (Å²) in [6.45, 7) is 1.76. The highest BCUT2D eigenvalue weighted by Crippen LogP contribution is 2.33. The van der Waals surface area contributed by atoms with E-state index in [9.17, 15) is 61.0 Å². The Balaban J connectivity index is 1.41. The molecule has 95 heavy (non-hydrogen) atoms. The van der Waals surface area contributed by atoms with Gasteiger partial charge in [-0.05, 0) is 44.9 Å². The Hall–Kier alpha value is -1.99. The molecule has 0 aromatic rings. The van der Waals surface area contributed by atoms with Gasteiger partial charge in [0.25, 0.3) is 0 Å². The zero-order chi connectivity index (χ0) is 68.9. The van der Waals surface area contributed by atoms with Crippen LogP contribution in [-0.4, -0.2) is 193 Å². The number of ether oxygens (including phenoxy) is 6.